The number of amides is 1. The van der Waals surface area contributed by atoms with Gasteiger partial charge in [-0.3, -0.25) is 4.79 Å². The minimum atomic E-state index is -0.295. The summed E-state index contributed by atoms with van der Waals surface area (Å²) < 4.78 is 1.95. The molecule has 1 atom stereocenters. The number of nitrogens with one attached hydrogen (secondary N) is 1. The second kappa shape index (κ2) is 6.70. The molecule has 0 aliphatic carbocycles. The molecule has 132 valence electrons. The average molecular weight is 339 g/mol. The molecule has 6 nitrogen and oxygen atoms in total. The van der Waals surface area contributed by atoms with E-state index in [1.54, 1.807) is 11.1 Å². The number of aryl methyl sites for hydroxylation is 1. The number of carbonyl (C=O) groups excluding carboxylic acids is 1. The second-order valence-electron chi connectivity index (χ2n) is 6.92. The summed E-state index contributed by atoms with van der Waals surface area (Å²) in [4.78, 5) is 26.8. The van der Waals surface area contributed by atoms with Crippen molar-refractivity contribution in [2.24, 2.45) is 0 Å². The molecule has 2 heterocycles. The highest BCUT2D eigenvalue weighted by molar-refractivity contribution is 5.80. The molecule has 6 heteroatoms. The number of likely N-dealkylation sites (N-methyl/N-ethyl adjacent to an activating group) is 1. The number of hydrogen-bond donors (Lipinski definition) is 1. The van der Waals surface area contributed by atoms with Crippen molar-refractivity contribution in [3.8, 4) is 0 Å². The van der Waals surface area contributed by atoms with Gasteiger partial charge in [-0.25, -0.2) is 9.97 Å². The standard InChI is InChI=1S/C19H25N5O/c1-12(2)18-20-8-9-24(18)14(4)19(25)23(5)11-17-21-15-7-6-13(3)10-16(15)22-17/h6-10,12,14H,11H2,1-5H3,(H,21,22). The highest BCUT2D eigenvalue weighted by Crippen LogP contribution is 2.20. The molecule has 1 amide bonds. The van der Waals surface area contributed by atoms with Gasteiger partial charge in [-0.1, -0.05) is 19.9 Å². The van der Waals surface area contributed by atoms with Crippen molar-refractivity contribution in [2.45, 2.75) is 46.2 Å². The SMILES string of the molecule is Cc1ccc2nc(CN(C)C(=O)C(C)n3ccnc3C(C)C)[nH]c2c1. The van der Waals surface area contributed by atoms with Crippen LogP contribution < -0.4 is 0 Å². The van der Waals surface area contributed by atoms with Gasteiger partial charge < -0.3 is 14.5 Å². The first-order valence-corrected chi connectivity index (χ1v) is 8.59. The number of fused-ring (bicyclic) bond motifs is 1. The fraction of sp³-hybridized carbons (Fsp3) is 0.421. The van der Waals surface area contributed by atoms with Crippen LogP contribution in [0.3, 0.4) is 0 Å². The van der Waals surface area contributed by atoms with Crippen LogP contribution in [0.5, 0.6) is 0 Å². The third kappa shape index (κ3) is 3.43. The minimum Gasteiger partial charge on any atom is -0.340 e. The van der Waals surface area contributed by atoms with Crippen molar-refractivity contribution in [2.75, 3.05) is 7.05 Å². The normalized spacial score (nSPS) is 12.7. The molecule has 0 spiro atoms. The van der Waals surface area contributed by atoms with E-state index in [9.17, 15) is 4.79 Å². The maximum Gasteiger partial charge on any atom is 0.245 e. The Morgan fingerprint density at radius 1 is 1.32 bits per heavy atom. The van der Waals surface area contributed by atoms with Crippen molar-refractivity contribution in [1.82, 2.24) is 24.4 Å². The van der Waals surface area contributed by atoms with E-state index in [0.717, 1.165) is 22.7 Å². The van der Waals surface area contributed by atoms with E-state index in [-0.39, 0.29) is 17.9 Å². The zero-order valence-corrected chi connectivity index (χ0v) is 15.4. The molecule has 0 aliphatic heterocycles. The van der Waals surface area contributed by atoms with Crippen LogP contribution in [0.2, 0.25) is 0 Å². The van der Waals surface area contributed by atoms with E-state index in [1.807, 2.05) is 36.9 Å². The molecular formula is C19H25N5O. The zero-order chi connectivity index (χ0) is 18.1. The molecule has 2 aromatic heterocycles. The van der Waals surface area contributed by atoms with E-state index in [4.69, 9.17) is 0 Å². The van der Waals surface area contributed by atoms with Gasteiger partial charge in [-0.05, 0) is 31.5 Å². The van der Waals surface area contributed by atoms with E-state index in [1.165, 1.54) is 5.56 Å². The Hall–Kier alpha value is -2.63. The Bertz CT molecular complexity index is 892. The van der Waals surface area contributed by atoms with E-state index < -0.39 is 0 Å². The van der Waals surface area contributed by atoms with Gasteiger partial charge in [0, 0.05) is 25.4 Å². The molecule has 1 N–H and O–H groups in total. The largest absolute Gasteiger partial charge is 0.340 e. The van der Waals surface area contributed by atoms with Crippen molar-refractivity contribution in [1.29, 1.82) is 0 Å². The molecule has 0 saturated heterocycles. The number of imidazole rings is 2. The fourth-order valence-corrected chi connectivity index (χ4v) is 3.09. The number of nitrogens with zero attached hydrogens (tertiary/aromatic N) is 4. The van der Waals surface area contributed by atoms with Crippen LogP contribution in [0.25, 0.3) is 11.0 Å². The number of aromatic amines is 1. The first kappa shape index (κ1) is 17.2. The van der Waals surface area contributed by atoms with Crippen molar-refractivity contribution >= 4 is 16.9 Å². The van der Waals surface area contributed by atoms with Crippen LogP contribution >= 0.6 is 0 Å². The van der Waals surface area contributed by atoms with Crippen LogP contribution in [0.15, 0.2) is 30.6 Å². The molecule has 0 fully saturated rings. The van der Waals surface area contributed by atoms with Gasteiger partial charge >= 0.3 is 0 Å². The molecule has 1 aromatic carbocycles. The van der Waals surface area contributed by atoms with Crippen LogP contribution in [0.4, 0.5) is 0 Å². The summed E-state index contributed by atoms with van der Waals surface area (Å²) in [6.45, 7) is 8.57. The Labute approximate surface area is 147 Å². The quantitative estimate of drug-likeness (QED) is 0.774. The molecule has 3 aromatic rings. The topological polar surface area (TPSA) is 66.8 Å². The number of hydrogen-bond acceptors (Lipinski definition) is 3. The number of carbonyl (C=O) groups is 1. The summed E-state index contributed by atoms with van der Waals surface area (Å²) >= 11 is 0. The predicted molar refractivity (Wildman–Crippen MR) is 98.3 cm³/mol. The predicted octanol–water partition coefficient (Wildman–Crippen LogP) is 3.41. The smallest absolute Gasteiger partial charge is 0.245 e. The number of rotatable bonds is 5. The lowest BCUT2D eigenvalue weighted by Crippen LogP contribution is -2.33. The Morgan fingerprint density at radius 3 is 2.80 bits per heavy atom. The monoisotopic (exact) mass is 339 g/mol. The first-order valence-electron chi connectivity index (χ1n) is 8.59. The zero-order valence-electron chi connectivity index (χ0n) is 15.4. The van der Waals surface area contributed by atoms with Crippen LogP contribution in [-0.4, -0.2) is 37.4 Å². The molecule has 0 radical (unpaired) electrons. The van der Waals surface area contributed by atoms with Crippen molar-refractivity contribution < 1.29 is 4.79 Å². The third-order valence-corrected chi connectivity index (χ3v) is 4.44. The molecular weight excluding hydrogens is 314 g/mol. The number of benzene rings is 1. The van der Waals surface area contributed by atoms with Gasteiger partial charge in [0.25, 0.3) is 0 Å². The molecule has 0 bridgehead atoms. The van der Waals surface area contributed by atoms with Crippen LogP contribution in [-0.2, 0) is 11.3 Å². The summed E-state index contributed by atoms with van der Waals surface area (Å²) in [5.41, 5.74) is 3.11. The number of H-pyrrole nitrogens is 1. The minimum absolute atomic E-state index is 0.0385. The van der Waals surface area contributed by atoms with Gasteiger partial charge in [0.05, 0.1) is 17.6 Å². The fourth-order valence-electron chi connectivity index (χ4n) is 3.09. The van der Waals surface area contributed by atoms with E-state index >= 15 is 0 Å². The summed E-state index contributed by atoms with van der Waals surface area (Å²) in [5, 5.41) is 0. The number of aromatic nitrogens is 4. The molecule has 3 rings (SSSR count). The third-order valence-electron chi connectivity index (χ3n) is 4.44. The average Bonchev–Trinajstić information content (AvgIpc) is 3.19. The van der Waals surface area contributed by atoms with Gasteiger partial charge in [0.15, 0.2) is 0 Å². The Kier molecular flexibility index (Phi) is 4.61. The summed E-state index contributed by atoms with van der Waals surface area (Å²) in [6.07, 6.45) is 3.62. The van der Waals surface area contributed by atoms with Crippen LogP contribution in [0, 0.1) is 6.92 Å². The molecule has 1 unspecified atom stereocenters. The van der Waals surface area contributed by atoms with Gasteiger partial charge in [0.2, 0.25) is 5.91 Å². The van der Waals surface area contributed by atoms with Gasteiger partial charge in [0.1, 0.15) is 17.7 Å². The molecule has 25 heavy (non-hydrogen) atoms. The van der Waals surface area contributed by atoms with Crippen molar-refractivity contribution in [3.63, 3.8) is 0 Å². The summed E-state index contributed by atoms with van der Waals surface area (Å²) in [7, 11) is 1.81. The Balaban J connectivity index is 1.76. The van der Waals surface area contributed by atoms with E-state index in [2.05, 4.69) is 41.8 Å². The van der Waals surface area contributed by atoms with Gasteiger partial charge in [-0.15, -0.1) is 0 Å². The first-order chi connectivity index (χ1) is 11.9. The maximum atomic E-state index is 12.8. The molecule has 0 aliphatic rings. The van der Waals surface area contributed by atoms with Crippen LogP contribution in [0.1, 0.15) is 49.9 Å². The second-order valence-corrected chi connectivity index (χ2v) is 6.92. The lowest BCUT2D eigenvalue weighted by molar-refractivity contribution is -0.133. The summed E-state index contributed by atoms with van der Waals surface area (Å²) in [6, 6.07) is 5.80. The Morgan fingerprint density at radius 2 is 2.08 bits per heavy atom. The maximum absolute atomic E-state index is 12.8. The lowest BCUT2D eigenvalue weighted by atomic mass is 10.2. The summed E-state index contributed by atoms with van der Waals surface area (Å²) in [5.74, 6) is 2.03. The lowest BCUT2D eigenvalue weighted by Gasteiger charge is -2.23. The van der Waals surface area contributed by atoms with Crippen molar-refractivity contribution in [3.05, 3.63) is 47.8 Å². The molecule has 0 saturated carbocycles. The van der Waals surface area contributed by atoms with E-state index in [0.29, 0.717) is 6.54 Å². The highest BCUT2D eigenvalue weighted by atomic mass is 16.2. The van der Waals surface area contributed by atoms with Gasteiger partial charge in [-0.2, -0.15) is 0 Å². The highest BCUT2D eigenvalue weighted by Gasteiger charge is 2.23.